The molecule has 92 valence electrons. The molecule has 1 aromatic heterocycles. The van der Waals surface area contributed by atoms with E-state index in [0.717, 1.165) is 13.1 Å². The van der Waals surface area contributed by atoms with Gasteiger partial charge >= 0.3 is 0 Å². The molecule has 1 aromatic carbocycles. The molecule has 0 radical (unpaired) electrons. The van der Waals surface area contributed by atoms with Gasteiger partial charge in [0.25, 0.3) is 0 Å². The Morgan fingerprint density at radius 2 is 1.83 bits per heavy atom. The zero-order valence-electron chi connectivity index (χ0n) is 10.5. The second kappa shape index (κ2) is 5.32. The lowest BCUT2D eigenvalue weighted by atomic mass is 9.89. The molecule has 3 rings (SSSR count). The highest BCUT2D eigenvalue weighted by molar-refractivity contribution is 5.63. The van der Waals surface area contributed by atoms with Crippen molar-refractivity contribution in [1.29, 1.82) is 0 Å². The third-order valence-corrected chi connectivity index (χ3v) is 3.69. The second-order valence-electron chi connectivity index (χ2n) is 4.89. The molecule has 0 amide bonds. The SMILES string of the molecule is c1cncc(-c2cccc(C3CCNCC3)c2)c1. The lowest BCUT2D eigenvalue weighted by Gasteiger charge is -2.23. The molecule has 1 fully saturated rings. The van der Waals surface area contributed by atoms with Crippen LogP contribution in [0.2, 0.25) is 0 Å². The first kappa shape index (κ1) is 11.4. The fourth-order valence-corrected chi connectivity index (χ4v) is 2.66. The van der Waals surface area contributed by atoms with E-state index in [-0.39, 0.29) is 0 Å². The quantitative estimate of drug-likeness (QED) is 0.869. The van der Waals surface area contributed by atoms with E-state index in [0.29, 0.717) is 5.92 Å². The van der Waals surface area contributed by atoms with Gasteiger partial charge in [-0.2, -0.15) is 0 Å². The van der Waals surface area contributed by atoms with Crippen molar-refractivity contribution in [1.82, 2.24) is 10.3 Å². The van der Waals surface area contributed by atoms with Gasteiger partial charge in [-0.1, -0.05) is 30.3 Å². The van der Waals surface area contributed by atoms with E-state index in [1.165, 1.54) is 29.5 Å². The molecular weight excluding hydrogens is 220 g/mol. The molecule has 0 atom stereocenters. The summed E-state index contributed by atoms with van der Waals surface area (Å²) in [4.78, 5) is 4.19. The van der Waals surface area contributed by atoms with E-state index < -0.39 is 0 Å². The van der Waals surface area contributed by atoms with Crippen LogP contribution in [0.1, 0.15) is 24.3 Å². The summed E-state index contributed by atoms with van der Waals surface area (Å²) < 4.78 is 0. The molecule has 0 spiro atoms. The maximum Gasteiger partial charge on any atom is 0.0346 e. The van der Waals surface area contributed by atoms with Crippen LogP contribution in [0.4, 0.5) is 0 Å². The minimum absolute atomic E-state index is 0.711. The topological polar surface area (TPSA) is 24.9 Å². The Hall–Kier alpha value is -1.67. The van der Waals surface area contributed by atoms with Gasteiger partial charge in [-0.05, 0) is 54.6 Å². The van der Waals surface area contributed by atoms with E-state index in [2.05, 4.69) is 40.6 Å². The average molecular weight is 238 g/mol. The van der Waals surface area contributed by atoms with Crippen molar-refractivity contribution in [2.24, 2.45) is 0 Å². The van der Waals surface area contributed by atoms with Gasteiger partial charge in [-0.15, -0.1) is 0 Å². The van der Waals surface area contributed by atoms with Crippen LogP contribution in [-0.4, -0.2) is 18.1 Å². The Morgan fingerprint density at radius 1 is 1.00 bits per heavy atom. The molecule has 0 unspecified atom stereocenters. The minimum Gasteiger partial charge on any atom is -0.317 e. The molecule has 2 heterocycles. The molecule has 1 aliphatic rings. The van der Waals surface area contributed by atoms with E-state index in [1.807, 2.05) is 18.5 Å². The van der Waals surface area contributed by atoms with Crippen LogP contribution in [0.25, 0.3) is 11.1 Å². The Bertz CT molecular complexity index is 502. The van der Waals surface area contributed by atoms with Crippen molar-refractivity contribution in [3.8, 4) is 11.1 Å². The standard InChI is InChI=1S/C16H18N2/c1-3-14(13-6-9-17-10-7-13)11-15(4-1)16-5-2-8-18-12-16/h1-5,8,11-13,17H,6-7,9-10H2. The molecule has 2 nitrogen and oxygen atoms in total. The van der Waals surface area contributed by atoms with Gasteiger partial charge in [0.1, 0.15) is 0 Å². The van der Waals surface area contributed by atoms with Gasteiger partial charge in [-0.25, -0.2) is 0 Å². The minimum atomic E-state index is 0.711. The van der Waals surface area contributed by atoms with E-state index >= 15 is 0 Å². The number of rotatable bonds is 2. The van der Waals surface area contributed by atoms with E-state index in [1.54, 1.807) is 0 Å². The van der Waals surface area contributed by atoms with Gasteiger partial charge in [0.05, 0.1) is 0 Å². The first-order chi connectivity index (χ1) is 8.93. The van der Waals surface area contributed by atoms with Gasteiger partial charge < -0.3 is 5.32 Å². The van der Waals surface area contributed by atoms with E-state index in [4.69, 9.17) is 0 Å². The average Bonchev–Trinajstić information content (AvgIpc) is 2.49. The first-order valence-corrected chi connectivity index (χ1v) is 6.64. The zero-order chi connectivity index (χ0) is 12.2. The fourth-order valence-electron chi connectivity index (χ4n) is 2.66. The normalized spacial score (nSPS) is 16.7. The summed E-state index contributed by atoms with van der Waals surface area (Å²) >= 11 is 0. The van der Waals surface area contributed by atoms with Crippen molar-refractivity contribution >= 4 is 0 Å². The number of aromatic nitrogens is 1. The molecule has 1 aliphatic heterocycles. The van der Waals surface area contributed by atoms with Crippen LogP contribution in [0.5, 0.6) is 0 Å². The van der Waals surface area contributed by atoms with Gasteiger partial charge in [0.15, 0.2) is 0 Å². The number of hydrogen-bond donors (Lipinski definition) is 1. The monoisotopic (exact) mass is 238 g/mol. The summed E-state index contributed by atoms with van der Waals surface area (Å²) in [6.45, 7) is 2.28. The van der Waals surface area contributed by atoms with Crippen molar-refractivity contribution < 1.29 is 0 Å². The molecule has 1 saturated heterocycles. The Labute approximate surface area is 108 Å². The fraction of sp³-hybridized carbons (Fsp3) is 0.312. The third kappa shape index (κ3) is 2.44. The van der Waals surface area contributed by atoms with E-state index in [9.17, 15) is 0 Å². The predicted molar refractivity (Wildman–Crippen MR) is 74.5 cm³/mol. The van der Waals surface area contributed by atoms with Gasteiger partial charge in [-0.3, -0.25) is 4.98 Å². The molecule has 0 aliphatic carbocycles. The number of nitrogens with zero attached hydrogens (tertiary/aromatic N) is 1. The van der Waals surface area contributed by atoms with Crippen LogP contribution in [0, 0.1) is 0 Å². The molecule has 2 heteroatoms. The number of hydrogen-bond acceptors (Lipinski definition) is 2. The summed E-state index contributed by atoms with van der Waals surface area (Å²) in [6.07, 6.45) is 6.24. The number of nitrogens with one attached hydrogen (secondary N) is 1. The maximum atomic E-state index is 4.19. The molecule has 18 heavy (non-hydrogen) atoms. The maximum absolute atomic E-state index is 4.19. The summed E-state index contributed by atoms with van der Waals surface area (Å²) in [5.74, 6) is 0.711. The second-order valence-corrected chi connectivity index (χ2v) is 4.89. The summed E-state index contributed by atoms with van der Waals surface area (Å²) in [7, 11) is 0. The largest absolute Gasteiger partial charge is 0.317 e. The van der Waals surface area contributed by atoms with Crippen molar-refractivity contribution in [2.45, 2.75) is 18.8 Å². The Balaban J connectivity index is 1.89. The number of benzene rings is 1. The third-order valence-electron chi connectivity index (χ3n) is 3.69. The number of piperidine rings is 1. The van der Waals surface area contributed by atoms with Crippen molar-refractivity contribution in [3.63, 3.8) is 0 Å². The smallest absolute Gasteiger partial charge is 0.0346 e. The highest BCUT2D eigenvalue weighted by atomic mass is 14.9. The molecule has 2 aromatic rings. The molecule has 0 bridgehead atoms. The van der Waals surface area contributed by atoms with Crippen LogP contribution in [0.15, 0.2) is 48.8 Å². The Morgan fingerprint density at radius 3 is 2.61 bits per heavy atom. The first-order valence-electron chi connectivity index (χ1n) is 6.64. The number of pyridine rings is 1. The lowest BCUT2D eigenvalue weighted by Crippen LogP contribution is -2.26. The molecular formula is C16H18N2. The molecule has 1 N–H and O–H groups in total. The van der Waals surface area contributed by atoms with Crippen LogP contribution < -0.4 is 5.32 Å². The summed E-state index contributed by atoms with van der Waals surface area (Å²) in [6, 6.07) is 13.0. The Kier molecular flexibility index (Phi) is 3.37. The summed E-state index contributed by atoms with van der Waals surface area (Å²) in [5, 5.41) is 3.42. The van der Waals surface area contributed by atoms with Crippen LogP contribution in [0.3, 0.4) is 0 Å². The molecule has 0 saturated carbocycles. The highest BCUT2D eigenvalue weighted by Crippen LogP contribution is 2.28. The van der Waals surface area contributed by atoms with Crippen molar-refractivity contribution in [3.05, 3.63) is 54.4 Å². The predicted octanol–water partition coefficient (Wildman–Crippen LogP) is 3.22. The highest BCUT2D eigenvalue weighted by Gasteiger charge is 2.15. The lowest BCUT2D eigenvalue weighted by molar-refractivity contribution is 0.460. The van der Waals surface area contributed by atoms with Crippen LogP contribution in [-0.2, 0) is 0 Å². The van der Waals surface area contributed by atoms with Gasteiger partial charge in [0.2, 0.25) is 0 Å². The summed E-state index contributed by atoms with van der Waals surface area (Å²) in [5.41, 5.74) is 3.95. The zero-order valence-corrected chi connectivity index (χ0v) is 10.5. The van der Waals surface area contributed by atoms with Crippen molar-refractivity contribution in [2.75, 3.05) is 13.1 Å². The van der Waals surface area contributed by atoms with Gasteiger partial charge in [0, 0.05) is 12.4 Å². The van der Waals surface area contributed by atoms with Crippen LogP contribution >= 0.6 is 0 Å².